The summed E-state index contributed by atoms with van der Waals surface area (Å²) in [4.78, 5) is 32.8. The lowest BCUT2D eigenvalue weighted by molar-refractivity contribution is -0.117. The van der Waals surface area contributed by atoms with Crippen molar-refractivity contribution in [3.63, 3.8) is 0 Å². The maximum atomic E-state index is 13.4. The van der Waals surface area contributed by atoms with E-state index in [4.69, 9.17) is 14.1 Å². The number of aromatic nitrogens is 2. The number of hydrogen-bond donors (Lipinski definition) is 1. The van der Waals surface area contributed by atoms with E-state index in [1.165, 1.54) is 11.2 Å². The predicted octanol–water partition coefficient (Wildman–Crippen LogP) is 5.42. The average Bonchev–Trinajstić information content (AvgIpc) is 3.63. The van der Waals surface area contributed by atoms with Gasteiger partial charge in [0.2, 0.25) is 11.9 Å². The molecule has 0 aliphatic heterocycles. The minimum atomic E-state index is -0.388. The van der Waals surface area contributed by atoms with Crippen LogP contribution >= 0.6 is 0 Å². The van der Waals surface area contributed by atoms with Gasteiger partial charge in [-0.15, -0.1) is 0 Å². The first-order valence-corrected chi connectivity index (χ1v) is 12.1. The molecule has 0 atom stereocenters. The van der Waals surface area contributed by atoms with Crippen molar-refractivity contribution in [3.8, 4) is 22.7 Å². The summed E-state index contributed by atoms with van der Waals surface area (Å²) in [5.74, 6) is 0.863. The number of benzene rings is 3. The van der Waals surface area contributed by atoms with Gasteiger partial charge in [-0.25, -0.2) is 4.98 Å². The number of nitrogens with zero attached hydrogens (tertiary/aromatic N) is 3. The zero-order chi connectivity index (χ0) is 26.3. The van der Waals surface area contributed by atoms with Crippen molar-refractivity contribution in [1.29, 1.82) is 0 Å². The maximum absolute atomic E-state index is 13.4. The molecular formula is C30H26N4O4. The van der Waals surface area contributed by atoms with E-state index in [0.29, 0.717) is 28.7 Å². The normalized spacial score (nSPS) is 10.7. The van der Waals surface area contributed by atoms with Crippen molar-refractivity contribution in [3.05, 3.63) is 121 Å². The van der Waals surface area contributed by atoms with Gasteiger partial charge in [-0.2, -0.15) is 0 Å². The molecule has 5 aromatic rings. The SMILES string of the molecule is COc1ccc(C(=O)N(CC(=O)Nc2nc(-c3ccccc3)cn2-c2ccccc2)Cc2ccco2)cc1. The number of rotatable bonds is 9. The number of carbonyl (C=O) groups is 2. The van der Waals surface area contributed by atoms with E-state index in [0.717, 1.165) is 11.3 Å². The Balaban J connectivity index is 1.41. The molecule has 8 heteroatoms. The Hall–Kier alpha value is -5.11. The molecule has 0 aliphatic rings. The van der Waals surface area contributed by atoms with Gasteiger partial charge in [-0.3, -0.25) is 19.5 Å². The first-order chi connectivity index (χ1) is 18.6. The van der Waals surface area contributed by atoms with Crippen molar-refractivity contribution in [2.75, 3.05) is 19.0 Å². The number of amides is 2. The fraction of sp³-hybridized carbons (Fsp3) is 0.100. The summed E-state index contributed by atoms with van der Waals surface area (Å²) in [6.45, 7) is -0.0679. The monoisotopic (exact) mass is 506 g/mol. The number of anilines is 1. The third kappa shape index (κ3) is 5.65. The third-order valence-corrected chi connectivity index (χ3v) is 5.95. The standard InChI is InChI=1S/C30H26N4O4/c1-37-25-16-14-23(15-17-25)29(36)33(19-26-13-8-18-38-26)21-28(35)32-30-31-27(22-9-4-2-5-10-22)20-34(30)24-11-6-3-7-12-24/h2-18,20H,19,21H2,1H3,(H,31,32,35). The zero-order valence-corrected chi connectivity index (χ0v) is 20.8. The number of ether oxygens (including phenoxy) is 1. The summed E-state index contributed by atoms with van der Waals surface area (Å²) in [5.41, 5.74) is 2.92. The Kier molecular flexibility index (Phi) is 7.31. The van der Waals surface area contributed by atoms with Crippen molar-refractivity contribution in [1.82, 2.24) is 14.5 Å². The topological polar surface area (TPSA) is 89.6 Å². The fourth-order valence-electron chi connectivity index (χ4n) is 4.05. The van der Waals surface area contributed by atoms with E-state index < -0.39 is 0 Å². The summed E-state index contributed by atoms with van der Waals surface area (Å²) in [6, 6.07) is 29.6. The molecular weight excluding hydrogens is 480 g/mol. The van der Waals surface area contributed by atoms with Crippen molar-refractivity contribution in [2.45, 2.75) is 6.54 Å². The highest BCUT2D eigenvalue weighted by atomic mass is 16.5. The van der Waals surface area contributed by atoms with Crippen LogP contribution in [0.25, 0.3) is 16.9 Å². The first kappa shape index (κ1) is 24.6. The number of imidazole rings is 1. The number of hydrogen-bond acceptors (Lipinski definition) is 5. The van der Waals surface area contributed by atoms with Crippen molar-refractivity contribution < 1.29 is 18.7 Å². The highest BCUT2D eigenvalue weighted by molar-refractivity contribution is 5.99. The first-order valence-electron chi connectivity index (χ1n) is 12.1. The van der Waals surface area contributed by atoms with Crippen LogP contribution in [0.4, 0.5) is 5.95 Å². The van der Waals surface area contributed by atoms with Crippen LogP contribution in [0.2, 0.25) is 0 Å². The predicted molar refractivity (Wildman–Crippen MR) is 144 cm³/mol. The number of methoxy groups -OCH3 is 1. The summed E-state index contributed by atoms with van der Waals surface area (Å²) < 4.78 is 12.5. The Labute approximate surface area is 220 Å². The van der Waals surface area contributed by atoms with E-state index >= 15 is 0 Å². The second-order valence-corrected chi connectivity index (χ2v) is 8.54. The molecule has 0 radical (unpaired) electrons. The van der Waals surface area contributed by atoms with Gasteiger partial charge in [0.1, 0.15) is 18.1 Å². The van der Waals surface area contributed by atoms with E-state index in [-0.39, 0.29) is 24.9 Å². The van der Waals surface area contributed by atoms with E-state index in [1.807, 2.05) is 71.4 Å². The second kappa shape index (κ2) is 11.3. The number of para-hydroxylation sites is 1. The molecule has 5 rings (SSSR count). The molecule has 0 fully saturated rings. The smallest absolute Gasteiger partial charge is 0.254 e. The van der Waals surface area contributed by atoms with Gasteiger partial charge in [-0.05, 0) is 48.5 Å². The Morgan fingerprint density at radius 1 is 0.921 bits per heavy atom. The Morgan fingerprint density at radius 3 is 2.29 bits per heavy atom. The molecule has 1 N–H and O–H groups in total. The van der Waals surface area contributed by atoms with Crippen LogP contribution in [0.1, 0.15) is 16.1 Å². The summed E-state index contributed by atoms with van der Waals surface area (Å²) >= 11 is 0. The highest BCUT2D eigenvalue weighted by Crippen LogP contribution is 2.24. The van der Waals surface area contributed by atoms with Crippen LogP contribution in [-0.4, -0.2) is 39.9 Å². The van der Waals surface area contributed by atoms with Gasteiger partial charge >= 0.3 is 0 Å². The molecule has 0 saturated heterocycles. The van der Waals surface area contributed by atoms with Gasteiger partial charge in [-0.1, -0.05) is 48.5 Å². The van der Waals surface area contributed by atoms with E-state index in [1.54, 1.807) is 43.5 Å². The quantitative estimate of drug-likeness (QED) is 0.288. The zero-order valence-electron chi connectivity index (χ0n) is 20.8. The summed E-state index contributed by atoms with van der Waals surface area (Å²) in [7, 11) is 1.56. The van der Waals surface area contributed by atoms with Crippen molar-refractivity contribution in [2.24, 2.45) is 0 Å². The molecule has 0 aliphatic carbocycles. The van der Waals surface area contributed by atoms with Gasteiger partial charge in [0.15, 0.2) is 0 Å². The number of nitrogens with one attached hydrogen (secondary N) is 1. The number of furan rings is 1. The molecule has 190 valence electrons. The Bertz CT molecular complexity index is 1500. The molecule has 8 nitrogen and oxygen atoms in total. The van der Waals surface area contributed by atoms with Gasteiger partial charge < -0.3 is 14.1 Å². The minimum absolute atomic E-state index is 0.133. The molecule has 0 saturated carbocycles. The van der Waals surface area contributed by atoms with Crippen molar-refractivity contribution >= 4 is 17.8 Å². The van der Waals surface area contributed by atoms with Crippen LogP contribution in [0, 0.1) is 0 Å². The van der Waals surface area contributed by atoms with Gasteiger partial charge in [0, 0.05) is 23.0 Å². The molecule has 2 aromatic heterocycles. The van der Waals surface area contributed by atoms with Gasteiger partial charge in [0.25, 0.3) is 5.91 Å². The van der Waals surface area contributed by atoms with Crippen LogP contribution in [-0.2, 0) is 11.3 Å². The van der Waals surface area contributed by atoms with E-state index in [9.17, 15) is 9.59 Å². The third-order valence-electron chi connectivity index (χ3n) is 5.95. The second-order valence-electron chi connectivity index (χ2n) is 8.54. The molecule has 2 heterocycles. The highest BCUT2D eigenvalue weighted by Gasteiger charge is 2.22. The Morgan fingerprint density at radius 2 is 1.63 bits per heavy atom. The molecule has 38 heavy (non-hydrogen) atoms. The van der Waals surface area contributed by atoms with E-state index in [2.05, 4.69) is 5.32 Å². The maximum Gasteiger partial charge on any atom is 0.254 e. The van der Waals surface area contributed by atoms with Crippen LogP contribution in [0.15, 0.2) is 114 Å². The molecule has 2 amide bonds. The largest absolute Gasteiger partial charge is 0.497 e. The summed E-state index contributed by atoms with van der Waals surface area (Å²) in [5, 5.41) is 2.90. The van der Waals surface area contributed by atoms with Crippen LogP contribution in [0.3, 0.4) is 0 Å². The molecule has 3 aromatic carbocycles. The lowest BCUT2D eigenvalue weighted by Crippen LogP contribution is -2.37. The van der Waals surface area contributed by atoms with Crippen LogP contribution < -0.4 is 10.1 Å². The van der Waals surface area contributed by atoms with Crippen LogP contribution in [0.5, 0.6) is 5.75 Å². The minimum Gasteiger partial charge on any atom is -0.497 e. The van der Waals surface area contributed by atoms with Gasteiger partial charge in [0.05, 0.1) is 25.6 Å². The molecule has 0 unspecified atom stereocenters. The lowest BCUT2D eigenvalue weighted by Gasteiger charge is -2.21. The number of carbonyl (C=O) groups excluding carboxylic acids is 2. The average molecular weight is 507 g/mol. The molecule has 0 spiro atoms. The summed E-state index contributed by atoms with van der Waals surface area (Å²) in [6.07, 6.45) is 3.41. The fourth-order valence-corrected chi connectivity index (χ4v) is 4.05. The molecule has 0 bridgehead atoms. The lowest BCUT2D eigenvalue weighted by atomic mass is 10.2.